The van der Waals surface area contributed by atoms with Crippen LogP contribution in [0.3, 0.4) is 0 Å². The maximum Gasteiger partial charge on any atom is 0.135 e. The molecule has 69 heavy (non-hydrogen) atoms. The van der Waals surface area contributed by atoms with Gasteiger partial charge in [-0.05, 0) is 108 Å². The fourth-order valence-corrected chi connectivity index (χ4v) is 9.54. The van der Waals surface area contributed by atoms with E-state index in [1.807, 2.05) is 66.9 Å². The Hall–Kier alpha value is -7.53. The van der Waals surface area contributed by atoms with Gasteiger partial charge in [0.2, 0.25) is 0 Å². The number of aromatic nitrogens is 4. The quantitative estimate of drug-likeness (QED) is 0.154. The van der Waals surface area contributed by atoms with Crippen LogP contribution in [0.25, 0.3) is 105 Å². The molecule has 8 aromatic carbocycles. The van der Waals surface area contributed by atoms with E-state index in [1.165, 1.54) is 5.56 Å². The van der Waals surface area contributed by atoms with E-state index in [1.54, 1.807) is 10.5 Å². The van der Waals surface area contributed by atoms with Crippen LogP contribution in [0.15, 0.2) is 197 Å². The van der Waals surface area contributed by atoms with Crippen LogP contribution in [-0.2, 0) is 31.9 Å². The number of fused-ring (bicyclic) bond motifs is 5. The third kappa shape index (κ3) is 7.83. The van der Waals surface area contributed by atoms with Gasteiger partial charge in [0.1, 0.15) is 16.8 Å². The topological polar surface area (TPSA) is 53.4 Å². The van der Waals surface area contributed by atoms with E-state index in [2.05, 4.69) is 154 Å². The molecule has 1 aliphatic rings. The Labute approximate surface area is 420 Å². The minimum absolute atomic E-state index is 0. The number of imidazole rings is 1. The molecular formula is C62H49N4O2Pt-3. The van der Waals surface area contributed by atoms with Crippen molar-refractivity contribution in [2.24, 2.45) is 0 Å². The third-order valence-corrected chi connectivity index (χ3v) is 12.9. The summed E-state index contributed by atoms with van der Waals surface area (Å²) in [6, 6.07) is 57.6. The average molecular weight is 1080 g/mol. The summed E-state index contributed by atoms with van der Waals surface area (Å²) in [7, 11) is 0. The fraction of sp³-hybridized carbons (Fsp3) is 0.129. The molecule has 0 amide bonds. The van der Waals surface area contributed by atoms with Crippen molar-refractivity contribution in [3.8, 4) is 22.5 Å². The predicted octanol–water partition coefficient (Wildman–Crippen LogP) is 16.6. The Balaban J connectivity index is 0.00000574. The van der Waals surface area contributed by atoms with Crippen LogP contribution in [0.4, 0.5) is 0 Å². The monoisotopic (exact) mass is 1080 g/mol. The van der Waals surface area contributed by atoms with E-state index < -0.39 is 0 Å². The van der Waals surface area contributed by atoms with E-state index in [4.69, 9.17) is 17.9 Å². The van der Waals surface area contributed by atoms with Gasteiger partial charge in [-0.3, -0.25) is 0 Å². The van der Waals surface area contributed by atoms with Crippen molar-refractivity contribution in [1.29, 1.82) is 0 Å². The SMILES string of the molecule is [2H]c1c([2H])c([2H])c2c(c1[2H])c1ccc3[c-]c1n2c1cc(C(C)(C)C)c(cn1)c1cccc(c1)oc1cccc(c1)c1cc(C(C)(C)C)cc(-c2ccccc2)c1n1[cH-]n(c2[c-]c(ccc2)o3)-c2ccccc2-1.[Pt]. The summed E-state index contributed by atoms with van der Waals surface area (Å²) in [5.74, 6) is 0. The van der Waals surface area contributed by atoms with Gasteiger partial charge in [-0.1, -0.05) is 156 Å². The van der Waals surface area contributed by atoms with Gasteiger partial charge in [-0.15, -0.1) is 29.1 Å². The zero-order valence-corrected chi connectivity index (χ0v) is 41.3. The Morgan fingerprint density at radius 1 is 0.580 bits per heavy atom. The third-order valence-electron chi connectivity index (χ3n) is 12.9. The molecule has 0 fully saturated rings. The molecule has 342 valence electrons. The Kier molecular flexibility index (Phi) is 9.67. The second-order valence-electron chi connectivity index (χ2n) is 19.5. The van der Waals surface area contributed by atoms with Gasteiger partial charge in [0.15, 0.2) is 0 Å². The van der Waals surface area contributed by atoms with Crippen molar-refractivity contribution in [2.45, 2.75) is 52.4 Å². The number of para-hydroxylation sites is 3. The first-order valence-corrected chi connectivity index (χ1v) is 22.9. The van der Waals surface area contributed by atoms with Crippen molar-refractivity contribution < 1.29 is 35.4 Å². The van der Waals surface area contributed by atoms with Crippen LogP contribution in [0.2, 0.25) is 0 Å². The summed E-state index contributed by atoms with van der Waals surface area (Å²) >= 11 is 0. The first-order valence-electron chi connectivity index (χ1n) is 24.9. The number of nitrogens with zero attached hydrogens (tertiary/aromatic N) is 4. The molecule has 1 aliphatic heterocycles. The zero-order chi connectivity index (χ0) is 49.8. The molecule has 0 aliphatic carbocycles. The Morgan fingerprint density at radius 2 is 1.26 bits per heavy atom. The second-order valence-corrected chi connectivity index (χ2v) is 19.5. The van der Waals surface area contributed by atoms with Crippen LogP contribution >= 0.6 is 0 Å². The number of hydrogen-bond donors (Lipinski definition) is 0. The molecule has 0 radical (unpaired) electrons. The molecule has 0 N–H and O–H groups in total. The van der Waals surface area contributed by atoms with Crippen LogP contribution in [0, 0.1) is 12.1 Å². The van der Waals surface area contributed by atoms with Crippen molar-refractivity contribution in [1.82, 2.24) is 18.5 Å². The summed E-state index contributed by atoms with van der Waals surface area (Å²) in [4.78, 5) is 5.09. The summed E-state index contributed by atoms with van der Waals surface area (Å²) in [6.45, 7) is 13.2. The van der Waals surface area contributed by atoms with Crippen LogP contribution in [0.1, 0.15) is 58.2 Å². The van der Waals surface area contributed by atoms with Gasteiger partial charge in [0.05, 0.1) is 5.48 Å². The number of pyridine rings is 1. The van der Waals surface area contributed by atoms with Gasteiger partial charge in [-0.25, -0.2) is 4.98 Å². The largest absolute Gasteiger partial charge is 0.510 e. The summed E-state index contributed by atoms with van der Waals surface area (Å²) in [5.41, 5.74) is 10.9. The minimum atomic E-state index is -0.388. The number of rotatable bonds is 1. The van der Waals surface area contributed by atoms with E-state index in [0.29, 0.717) is 49.8 Å². The summed E-state index contributed by atoms with van der Waals surface area (Å²) < 4.78 is 55.5. The van der Waals surface area contributed by atoms with Crippen molar-refractivity contribution in [3.63, 3.8) is 0 Å². The molecule has 0 unspecified atom stereocenters. The first-order chi connectivity index (χ1) is 34.6. The van der Waals surface area contributed by atoms with E-state index in [-0.39, 0.29) is 56.1 Å². The van der Waals surface area contributed by atoms with Crippen LogP contribution in [-0.4, -0.2) is 18.5 Å². The Bertz CT molecular complexity index is 4370. The number of hydrogen-bond acceptors (Lipinski definition) is 3. The van der Waals surface area contributed by atoms with Crippen LogP contribution in [0.5, 0.6) is 0 Å². The van der Waals surface area contributed by atoms with E-state index in [0.717, 1.165) is 60.6 Å². The van der Waals surface area contributed by atoms with E-state index >= 15 is 0 Å². The predicted molar refractivity (Wildman–Crippen MR) is 281 cm³/mol. The molecule has 0 atom stereocenters. The molecule has 12 aromatic rings. The summed E-state index contributed by atoms with van der Waals surface area (Å²) in [6.07, 6.45) is 3.98. The molecular weight excluding hydrogens is 1030 g/mol. The van der Waals surface area contributed by atoms with Gasteiger partial charge in [0, 0.05) is 55.7 Å². The van der Waals surface area contributed by atoms with Crippen molar-refractivity contribution in [3.05, 3.63) is 212 Å². The maximum absolute atomic E-state index is 9.25. The molecule has 6 nitrogen and oxygen atoms in total. The fourth-order valence-electron chi connectivity index (χ4n) is 9.54. The smallest absolute Gasteiger partial charge is 0.135 e. The molecule has 7 heteroatoms. The first kappa shape index (κ1) is 39.5. The van der Waals surface area contributed by atoms with E-state index in [9.17, 15) is 1.37 Å². The maximum atomic E-state index is 9.25. The molecule has 13 rings (SSSR count). The van der Waals surface area contributed by atoms with Gasteiger partial charge >= 0.3 is 0 Å². The van der Waals surface area contributed by atoms with Gasteiger partial charge in [-0.2, -0.15) is 24.3 Å². The normalized spacial score (nSPS) is 12.9. The molecule has 0 saturated carbocycles. The summed E-state index contributed by atoms with van der Waals surface area (Å²) in [5, 5.41) is 4.82. The molecule has 12 bridgehead atoms. The zero-order valence-electron chi connectivity index (χ0n) is 43.0. The Morgan fingerprint density at radius 3 is 2.00 bits per heavy atom. The standard InChI is InChI=1S/C62H49N4O2.Pt/c1-61(2,3)43-33-51(40-17-8-7-9-18-40)60-52(34-43)41-19-14-22-45(31-41)67-46-23-15-20-42(32-46)53-38-63-59(37-54(53)62(4,5)6)66-55-26-11-10-25-49(55)50-30-29-48(36-58(50)66)68-47-24-16-21-44(35-47)64-39-65(60)57-28-13-12-27-56(57)64;/h7-34,37-39H,1-6H3;/q-3;/i10D,11D,25D,26D;. The number of benzene rings is 8. The van der Waals surface area contributed by atoms with Crippen molar-refractivity contribution >= 4 is 82.4 Å². The van der Waals surface area contributed by atoms with Gasteiger partial charge < -0.3 is 22.4 Å². The molecule has 0 spiro atoms. The molecule has 4 aromatic heterocycles. The second kappa shape index (κ2) is 16.9. The average Bonchev–Trinajstić information content (AvgIpc) is 3.93. The molecule has 0 saturated heterocycles. The minimum Gasteiger partial charge on any atom is -0.510 e. The van der Waals surface area contributed by atoms with Gasteiger partial charge in [0.25, 0.3) is 0 Å². The molecule has 5 heterocycles. The van der Waals surface area contributed by atoms with Crippen LogP contribution < -0.4 is 0 Å². The van der Waals surface area contributed by atoms with Crippen molar-refractivity contribution in [2.75, 3.05) is 0 Å².